The summed E-state index contributed by atoms with van der Waals surface area (Å²) in [4.78, 5) is 22.1. The molecule has 0 aliphatic carbocycles. The molecule has 162 valence electrons. The van der Waals surface area contributed by atoms with Gasteiger partial charge in [0.1, 0.15) is 18.2 Å². The van der Waals surface area contributed by atoms with Crippen LogP contribution in [0.4, 0.5) is 4.39 Å². The Morgan fingerprint density at radius 1 is 0.867 bits per heavy atom. The molecule has 0 bridgehead atoms. The molecule has 2 fully saturated rings. The van der Waals surface area contributed by atoms with Crippen molar-refractivity contribution in [1.29, 1.82) is 0 Å². The van der Waals surface area contributed by atoms with E-state index < -0.39 is 0 Å². The van der Waals surface area contributed by atoms with E-state index in [4.69, 9.17) is 4.74 Å². The minimum atomic E-state index is -0.279. The normalized spacial score (nSPS) is 18.7. The van der Waals surface area contributed by atoms with Gasteiger partial charge in [-0.15, -0.1) is 11.3 Å². The van der Waals surface area contributed by atoms with Crippen LogP contribution in [0.15, 0.2) is 36.4 Å². The largest absolute Gasteiger partial charge is 0.492 e. The minimum absolute atomic E-state index is 0.182. The number of hydrogen-bond acceptors (Lipinski definition) is 5. The van der Waals surface area contributed by atoms with Gasteiger partial charge in [-0.05, 0) is 62.3 Å². The molecule has 0 spiro atoms. The number of hydrogen-bond donors (Lipinski definition) is 0. The lowest BCUT2D eigenvalue weighted by atomic mass is 10.3. The topological polar surface area (TPSA) is 36.0 Å². The Hall–Kier alpha value is -1.96. The average Bonchev–Trinajstić information content (AvgIpc) is 3.38. The predicted octanol–water partition coefficient (Wildman–Crippen LogP) is 3.60. The van der Waals surface area contributed by atoms with E-state index in [-0.39, 0.29) is 11.7 Å². The summed E-state index contributed by atoms with van der Waals surface area (Å²) in [5.41, 5.74) is 0. The number of likely N-dealkylation sites (tertiary alicyclic amines) is 1. The van der Waals surface area contributed by atoms with Crippen LogP contribution < -0.4 is 4.74 Å². The Kier molecular flexibility index (Phi) is 7.36. The Bertz CT molecular complexity index is 820. The van der Waals surface area contributed by atoms with Gasteiger partial charge >= 0.3 is 0 Å². The van der Waals surface area contributed by atoms with Crippen molar-refractivity contribution in [1.82, 2.24) is 14.7 Å². The maximum absolute atomic E-state index is 13.0. The fourth-order valence-corrected chi connectivity index (χ4v) is 5.19. The molecule has 7 heteroatoms. The monoisotopic (exact) mass is 431 g/mol. The number of carbonyl (C=O) groups is 1. The van der Waals surface area contributed by atoms with Crippen LogP contribution in [0.25, 0.3) is 0 Å². The van der Waals surface area contributed by atoms with Gasteiger partial charge in [0.25, 0.3) is 0 Å². The maximum atomic E-state index is 13.0. The lowest BCUT2D eigenvalue weighted by Gasteiger charge is -2.22. The molecule has 4 rings (SSSR count). The average molecular weight is 432 g/mol. The highest BCUT2D eigenvalue weighted by atomic mass is 32.1. The molecule has 2 aliphatic rings. The lowest BCUT2D eigenvalue weighted by Crippen LogP contribution is -2.36. The molecule has 1 amide bonds. The van der Waals surface area contributed by atoms with E-state index in [1.807, 2.05) is 16.2 Å². The van der Waals surface area contributed by atoms with Crippen molar-refractivity contribution < 1.29 is 13.9 Å². The zero-order chi connectivity index (χ0) is 20.8. The van der Waals surface area contributed by atoms with E-state index in [9.17, 15) is 9.18 Å². The second-order valence-electron chi connectivity index (χ2n) is 8.06. The molecule has 5 nitrogen and oxygen atoms in total. The number of carbonyl (C=O) groups excluding carboxylic acids is 1. The summed E-state index contributed by atoms with van der Waals surface area (Å²) >= 11 is 1.91. The summed E-state index contributed by atoms with van der Waals surface area (Å²) in [6, 6.07) is 10.5. The summed E-state index contributed by atoms with van der Waals surface area (Å²) in [6.45, 7) is 7.81. The number of halogens is 1. The van der Waals surface area contributed by atoms with Crippen LogP contribution in [-0.4, -0.2) is 66.5 Å². The molecule has 0 saturated carbocycles. The lowest BCUT2D eigenvalue weighted by molar-refractivity contribution is -0.130. The van der Waals surface area contributed by atoms with Gasteiger partial charge < -0.3 is 9.64 Å². The third kappa shape index (κ3) is 6.03. The number of nitrogens with zero attached hydrogens (tertiary/aromatic N) is 3. The SMILES string of the molecule is O=C1CCN(Cc2ccc(CN3CCCC3)s2)CCN1CCOc1ccc(F)cc1. The van der Waals surface area contributed by atoms with Crippen molar-refractivity contribution in [3.05, 3.63) is 52.0 Å². The van der Waals surface area contributed by atoms with Gasteiger partial charge in [-0.2, -0.15) is 0 Å². The molecule has 2 aliphatic heterocycles. The fraction of sp³-hybridized carbons (Fsp3) is 0.522. The number of ether oxygens (including phenoxy) is 1. The molecule has 1 aromatic carbocycles. The molecule has 2 saturated heterocycles. The van der Waals surface area contributed by atoms with Gasteiger partial charge in [-0.1, -0.05) is 0 Å². The smallest absolute Gasteiger partial charge is 0.224 e. The Morgan fingerprint density at radius 3 is 2.23 bits per heavy atom. The molecule has 1 aromatic heterocycles. The van der Waals surface area contributed by atoms with E-state index in [2.05, 4.69) is 21.9 Å². The highest BCUT2D eigenvalue weighted by Crippen LogP contribution is 2.22. The third-order valence-electron chi connectivity index (χ3n) is 5.80. The van der Waals surface area contributed by atoms with E-state index in [0.717, 1.165) is 32.7 Å². The van der Waals surface area contributed by atoms with Crippen LogP contribution in [0.3, 0.4) is 0 Å². The molecule has 0 radical (unpaired) electrons. The first-order chi connectivity index (χ1) is 14.7. The molecule has 3 heterocycles. The summed E-state index contributed by atoms with van der Waals surface area (Å²) in [6.07, 6.45) is 3.19. The van der Waals surface area contributed by atoms with E-state index in [1.54, 1.807) is 12.1 Å². The highest BCUT2D eigenvalue weighted by molar-refractivity contribution is 7.11. The van der Waals surface area contributed by atoms with Crippen LogP contribution in [0.2, 0.25) is 0 Å². The molecular weight excluding hydrogens is 401 g/mol. The summed E-state index contributed by atoms with van der Waals surface area (Å²) in [7, 11) is 0. The first-order valence-corrected chi connectivity index (χ1v) is 11.7. The van der Waals surface area contributed by atoms with Crippen LogP contribution in [0, 0.1) is 5.82 Å². The quantitative estimate of drug-likeness (QED) is 0.640. The van der Waals surface area contributed by atoms with E-state index in [1.165, 1.54) is 47.8 Å². The summed E-state index contributed by atoms with van der Waals surface area (Å²) in [5.74, 6) is 0.530. The van der Waals surface area contributed by atoms with E-state index >= 15 is 0 Å². The molecule has 2 aromatic rings. The van der Waals surface area contributed by atoms with Gasteiger partial charge in [0.05, 0.1) is 6.54 Å². The van der Waals surface area contributed by atoms with Gasteiger partial charge in [0.15, 0.2) is 0 Å². The zero-order valence-electron chi connectivity index (χ0n) is 17.4. The number of amides is 1. The molecule has 0 unspecified atom stereocenters. The van der Waals surface area contributed by atoms with Crippen molar-refractivity contribution in [2.45, 2.75) is 32.4 Å². The van der Waals surface area contributed by atoms with Gasteiger partial charge in [0, 0.05) is 48.9 Å². The van der Waals surface area contributed by atoms with Crippen molar-refractivity contribution in [2.75, 3.05) is 45.9 Å². The Labute approximate surface area is 182 Å². The van der Waals surface area contributed by atoms with Crippen molar-refractivity contribution in [3.63, 3.8) is 0 Å². The molecular formula is C23H30FN3O2S. The highest BCUT2D eigenvalue weighted by Gasteiger charge is 2.21. The predicted molar refractivity (Wildman–Crippen MR) is 117 cm³/mol. The number of benzene rings is 1. The number of thiophene rings is 1. The van der Waals surface area contributed by atoms with Crippen LogP contribution in [0.5, 0.6) is 5.75 Å². The van der Waals surface area contributed by atoms with Gasteiger partial charge in [-0.25, -0.2) is 4.39 Å². The van der Waals surface area contributed by atoms with Crippen LogP contribution in [0.1, 0.15) is 29.0 Å². The first kappa shape index (κ1) is 21.3. The second kappa shape index (κ2) is 10.4. The van der Waals surface area contributed by atoms with Gasteiger partial charge in [0.2, 0.25) is 5.91 Å². The standard InChI is InChI=1S/C23H30FN3O2S/c24-19-3-5-20(6-4-19)29-16-15-27-14-13-26(12-9-23(27)28)18-22-8-7-21(30-22)17-25-10-1-2-11-25/h3-8H,1-2,9-18H2. The third-order valence-corrected chi connectivity index (χ3v) is 6.85. The summed E-state index contributed by atoms with van der Waals surface area (Å²) in [5, 5.41) is 0. The molecule has 0 N–H and O–H groups in total. The van der Waals surface area contributed by atoms with Gasteiger partial charge in [-0.3, -0.25) is 14.6 Å². The van der Waals surface area contributed by atoms with Crippen molar-refractivity contribution >= 4 is 17.2 Å². The van der Waals surface area contributed by atoms with E-state index in [0.29, 0.717) is 25.3 Å². The van der Waals surface area contributed by atoms with Crippen LogP contribution >= 0.6 is 11.3 Å². The fourth-order valence-electron chi connectivity index (χ4n) is 4.08. The Morgan fingerprint density at radius 2 is 1.53 bits per heavy atom. The van der Waals surface area contributed by atoms with Crippen molar-refractivity contribution in [2.24, 2.45) is 0 Å². The minimum Gasteiger partial charge on any atom is -0.492 e. The maximum Gasteiger partial charge on any atom is 0.224 e. The Balaban J connectivity index is 1.22. The first-order valence-electron chi connectivity index (χ1n) is 10.8. The molecule has 30 heavy (non-hydrogen) atoms. The number of rotatable bonds is 8. The second-order valence-corrected chi connectivity index (χ2v) is 9.31. The zero-order valence-corrected chi connectivity index (χ0v) is 18.2. The summed E-state index contributed by atoms with van der Waals surface area (Å²) < 4.78 is 18.6. The van der Waals surface area contributed by atoms with Crippen molar-refractivity contribution in [3.8, 4) is 5.75 Å². The molecule has 0 atom stereocenters. The van der Waals surface area contributed by atoms with Crippen LogP contribution in [-0.2, 0) is 17.9 Å².